The van der Waals surface area contributed by atoms with Gasteiger partial charge in [-0.05, 0) is 290 Å². The Morgan fingerprint density at radius 3 is 0.860 bits per heavy atom. The van der Waals surface area contributed by atoms with E-state index < -0.39 is 11.6 Å². The summed E-state index contributed by atoms with van der Waals surface area (Å²) in [4.78, 5) is 0. The van der Waals surface area contributed by atoms with Crippen LogP contribution in [0.1, 0.15) is 296 Å². The van der Waals surface area contributed by atoms with Gasteiger partial charge in [-0.15, -0.1) is 0 Å². The summed E-state index contributed by atoms with van der Waals surface area (Å²) >= 11 is 0. The molecule has 6 rings (SSSR count). The largest absolute Gasteiger partial charge is 0.394 e. The third-order valence-electron chi connectivity index (χ3n) is 17.6. The van der Waals surface area contributed by atoms with E-state index in [4.69, 9.17) is 0 Å². The Morgan fingerprint density at radius 1 is 0.326 bits per heavy atom. The van der Waals surface area contributed by atoms with Crippen molar-refractivity contribution in [3.8, 4) is 0 Å². The maximum absolute atomic E-state index is 12.8. The van der Waals surface area contributed by atoms with Crippen LogP contribution in [0.25, 0.3) is 0 Å². The highest BCUT2D eigenvalue weighted by molar-refractivity contribution is 5.44. The standard InChI is InChI=1S/C16H26.C14H19F3.C14H22.3C13H20/c1-10(2)14-8-15(11(3)4)13(7)16(9-14)12(5)6;1-9-6-12(7-10(2)11(9)3)8-13(4,5)14(15,16)17;1-10-7-13(9-14(4,5)6)8-11(2)12(10)3;1-9-7-12(13(4,5)6)8-10(2)11(9)3;1-9(2)6-13-7-10(3)12(5)11(4)8-13;1-9(2)12-7-6-8-13(10(3)4)11(12)5/h8-12H,1-7H3;6-7H,8H2,1-5H3;7-8H,9H2,1-6H3;7-8H,1-6H3;7-9H,6H2,1-5H3;6-10H,1-5H3. The molecule has 0 spiro atoms. The van der Waals surface area contributed by atoms with E-state index in [9.17, 15) is 13.2 Å². The number of halogens is 3. The predicted molar refractivity (Wildman–Crippen MR) is 379 cm³/mol. The van der Waals surface area contributed by atoms with Gasteiger partial charge in [0.1, 0.15) is 0 Å². The van der Waals surface area contributed by atoms with Crippen molar-refractivity contribution < 1.29 is 13.2 Å². The quantitative estimate of drug-likeness (QED) is 0.128. The monoisotopic (exact) mass is 1180 g/mol. The highest BCUT2D eigenvalue weighted by atomic mass is 19.4. The summed E-state index contributed by atoms with van der Waals surface area (Å²) in [6.07, 6.45) is -1.78. The molecule has 0 saturated carbocycles. The van der Waals surface area contributed by atoms with Gasteiger partial charge in [0, 0.05) is 0 Å². The second-order valence-electron chi connectivity index (χ2n) is 30.6. The molecule has 3 heteroatoms. The van der Waals surface area contributed by atoms with Gasteiger partial charge < -0.3 is 0 Å². The summed E-state index contributed by atoms with van der Waals surface area (Å²) in [5.74, 6) is 3.89. The first-order valence-corrected chi connectivity index (χ1v) is 32.6. The normalized spacial score (nSPS) is 11.8. The molecule has 0 fully saturated rings. The second-order valence-corrected chi connectivity index (χ2v) is 30.6. The van der Waals surface area contributed by atoms with E-state index in [0.29, 0.717) is 35.0 Å². The average molecular weight is 1180 g/mol. The van der Waals surface area contributed by atoms with Crippen molar-refractivity contribution >= 4 is 0 Å². The summed E-state index contributed by atoms with van der Waals surface area (Å²) in [5, 5.41) is 0. The molecule has 0 nitrogen and oxygen atoms in total. The molecule has 6 aromatic rings. The Bertz CT molecular complexity index is 2920. The van der Waals surface area contributed by atoms with Gasteiger partial charge >= 0.3 is 6.18 Å². The number of aryl methyl sites for hydroxylation is 8. The summed E-state index contributed by atoms with van der Waals surface area (Å²) in [5.41, 5.74) is 30.7. The SMILES string of the molecule is Cc1c(C(C)C)cc(C(C)C)cc1C(C)C.Cc1c(C(C)C)cccc1C(C)C.Cc1cc(C(C)(C)C)cc(C)c1C.Cc1cc(CC(C)(C)C(F)(F)F)cc(C)c1C.Cc1cc(CC(C)(C)C)cc(C)c1C.Cc1cc(CC(C)C)cc(C)c1C. The van der Waals surface area contributed by atoms with Gasteiger partial charge in [-0.1, -0.05) is 217 Å². The lowest BCUT2D eigenvalue weighted by Gasteiger charge is -2.28. The van der Waals surface area contributed by atoms with Gasteiger partial charge in [0.05, 0.1) is 5.41 Å². The van der Waals surface area contributed by atoms with Gasteiger partial charge in [0.2, 0.25) is 0 Å². The van der Waals surface area contributed by atoms with Crippen LogP contribution in [0, 0.1) is 114 Å². The Hall–Kier alpha value is -4.89. The maximum Gasteiger partial charge on any atom is 0.394 e. The third kappa shape index (κ3) is 25.3. The van der Waals surface area contributed by atoms with Crippen LogP contribution in [0.4, 0.5) is 13.2 Å². The average Bonchev–Trinajstić information content (AvgIpc) is 3.58. The van der Waals surface area contributed by atoms with Crippen LogP contribution in [-0.4, -0.2) is 6.18 Å². The van der Waals surface area contributed by atoms with E-state index in [2.05, 4.69) is 268 Å². The first kappa shape index (κ1) is 79.1. The lowest BCUT2D eigenvalue weighted by atomic mass is 9.83. The molecular formula is C83H127F3. The predicted octanol–water partition coefficient (Wildman–Crippen LogP) is 26.3. The summed E-state index contributed by atoms with van der Waals surface area (Å²) in [6, 6.07) is 29.1. The summed E-state index contributed by atoms with van der Waals surface area (Å²) in [6.45, 7) is 73.6. The Labute approximate surface area is 529 Å². The molecule has 6 aromatic carbocycles. The highest BCUT2D eigenvalue weighted by Gasteiger charge is 2.47. The molecule has 0 aliphatic carbocycles. The van der Waals surface area contributed by atoms with Crippen LogP contribution in [-0.2, 0) is 24.7 Å². The van der Waals surface area contributed by atoms with E-state index >= 15 is 0 Å². The van der Waals surface area contributed by atoms with Crippen molar-refractivity contribution in [1.29, 1.82) is 0 Å². The minimum absolute atomic E-state index is 0.0262. The molecule has 0 N–H and O–H groups in total. The minimum Gasteiger partial charge on any atom is -0.171 e. The molecule has 0 aliphatic rings. The van der Waals surface area contributed by atoms with Crippen LogP contribution in [0.2, 0.25) is 0 Å². The van der Waals surface area contributed by atoms with Crippen LogP contribution in [0.15, 0.2) is 78.9 Å². The van der Waals surface area contributed by atoms with Crippen molar-refractivity contribution in [2.75, 3.05) is 0 Å². The zero-order valence-electron chi connectivity index (χ0n) is 61.7. The molecule has 0 bridgehead atoms. The first-order chi connectivity index (χ1) is 39.0. The van der Waals surface area contributed by atoms with Crippen LogP contribution < -0.4 is 0 Å². The van der Waals surface area contributed by atoms with E-state index in [-0.39, 0.29) is 11.8 Å². The number of benzene rings is 6. The fourth-order valence-corrected chi connectivity index (χ4v) is 11.1. The molecule has 86 heavy (non-hydrogen) atoms. The number of hydrogen-bond acceptors (Lipinski definition) is 0. The third-order valence-corrected chi connectivity index (χ3v) is 17.6. The molecule has 0 unspecified atom stereocenters. The molecule has 0 radical (unpaired) electrons. The van der Waals surface area contributed by atoms with Crippen LogP contribution >= 0.6 is 0 Å². The molecule has 0 amide bonds. The molecule has 0 aliphatic heterocycles. The van der Waals surface area contributed by atoms with Gasteiger partial charge in [0.15, 0.2) is 0 Å². The minimum atomic E-state index is -4.17. The zero-order valence-corrected chi connectivity index (χ0v) is 61.7. The lowest BCUT2D eigenvalue weighted by molar-refractivity contribution is -0.211. The first-order valence-electron chi connectivity index (χ1n) is 32.6. The van der Waals surface area contributed by atoms with Crippen LogP contribution in [0.5, 0.6) is 0 Å². The van der Waals surface area contributed by atoms with E-state index in [1.807, 2.05) is 32.9 Å². The van der Waals surface area contributed by atoms with Crippen molar-refractivity contribution in [3.63, 3.8) is 0 Å². The summed E-state index contributed by atoms with van der Waals surface area (Å²) in [7, 11) is 0. The molecular weight excluding hydrogens is 1050 g/mol. The molecule has 0 saturated heterocycles. The van der Waals surface area contributed by atoms with Gasteiger partial charge in [-0.3, -0.25) is 0 Å². The van der Waals surface area contributed by atoms with Gasteiger partial charge in [-0.25, -0.2) is 0 Å². The zero-order chi connectivity index (χ0) is 67.1. The number of hydrogen-bond donors (Lipinski definition) is 0. The number of alkyl halides is 3. The number of rotatable bonds is 10. The van der Waals surface area contributed by atoms with Gasteiger partial charge in [-0.2, -0.15) is 13.2 Å². The topological polar surface area (TPSA) is 0 Å². The van der Waals surface area contributed by atoms with Crippen molar-refractivity contribution in [2.45, 2.75) is 296 Å². The maximum atomic E-state index is 12.8. The Kier molecular flexibility index (Phi) is 30.9. The molecule has 480 valence electrons. The fraction of sp³-hybridized carbons (Fsp3) is 0.566. The molecule has 0 heterocycles. The van der Waals surface area contributed by atoms with Gasteiger partial charge in [0.25, 0.3) is 0 Å². The van der Waals surface area contributed by atoms with E-state index in [1.165, 1.54) is 126 Å². The Balaban J connectivity index is 0.000000518. The Morgan fingerprint density at radius 2 is 0.605 bits per heavy atom. The van der Waals surface area contributed by atoms with Crippen molar-refractivity contribution in [2.24, 2.45) is 16.7 Å². The lowest BCUT2D eigenvalue weighted by Crippen LogP contribution is -2.34. The smallest absolute Gasteiger partial charge is 0.171 e. The van der Waals surface area contributed by atoms with E-state index in [0.717, 1.165) is 34.6 Å². The van der Waals surface area contributed by atoms with Crippen molar-refractivity contribution in [1.82, 2.24) is 0 Å². The highest BCUT2D eigenvalue weighted by Crippen LogP contribution is 2.41. The molecule has 0 atom stereocenters. The molecule has 0 aromatic heterocycles. The fourth-order valence-electron chi connectivity index (χ4n) is 11.1. The summed E-state index contributed by atoms with van der Waals surface area (Å²) < 4.78 is 38.4. The van der Waals surface area contributed by atoms with E-state index in [1.54, 1.807) is 0 Å². The van der Waals surface area contributed by atoms with Crippen LogP contribution in [0.3, 0.4) is 0 Å². The second kappa shape index (κ2) is 33.6. The van der Waals surface area contributed by atoms with Crippen molar-refractivity contribution in [3.05, 3.63) is 207 Å².